The van der Waals surface area contributed by atoms with Gasteiger partial charge in [0, 0.05) is 6.42 Å². The highest BCUT2D eigenvalue weighted by atomic mass is 17.0. The van der Waals surface area contributed by atoms with Crippen LogP contribution in [0.2, 0.25) is 0 Å². The van der Waals surface area contributed by atoms with Crippen LogP contribution in [-0.2, 0) is 19.2 Å². The van der Waals surface area contributed by atoms with Gasteiger partial charge >= 0.3 is 11.9 Å². The summed E-state index contributed by atoms with van der Waals surface area (Å²) in [6, 6.07) is -1.12. The van der Waals surface area contributed by atoms with Crippen molar-refractivity contribution in [3.05, 3.63) is 10.1 Å². The molecule has 9 nitrogen and oxygen atoms in total. The molecule has 0 aliphatic heterocycles. The standard InChI is InChI=1S/C7H12N2O7/c8-5(7(11)12)1-2-6(10)15-3-4-16-9(13)14/h5H,1-4,8H2,(H,11,12). The van der Waals surface area contributed by atoms with E-state index in [0.717, 1.165) is 0 Å². The Morgan fingerprint density at radius 1 is 1.44 bits per heavy atom. The molecule has 9 heteroatoms. The van der Waals surface area contributed by atoms with Gasteiger partial charge in [-0.15, -0.1) is 10.1 Å². The third kappa shape index (κ3) is 7.50. The first-order valence-electron chi connectivity index (χ1n) is 4.34. The smallest absolute Gasteiger partial charge is 0.320 e. The second-order valence-electron chi connectivity index (χ2n) is 2.76. The molecule has 0 aliphatic rings. The van der Waals surface area contributed by atoms with Crippen LogP contribution in [0.3, 0.4) is 0 Å². The van der Waals surface area contributed by atoms with Gasteiger partial charge in [0.1, 0.15) is 19.3 Å². The Labute approximate surface area is 90.2 Å². The lowest BCUT2D eigenvalue weighted by Crippen LogP contribution is -2.30. The fourth-order valence-electron chi connectivity index (χ4n) is 0.736. The number of carbonyl (C=O) groups is 2. The molecule has 0 aromatic carbocycles. The van der Waals surface area contributed by atoms with Gasteiger partial charge in [-0.2, -0.15) is 0 Å². The molecular formula is C7H12N2O7. The fourth-order valence-corrected chi connectivity index (χ4v) is 0.736. The van der Waals surface area contributed by atoms with Crippen molar-refractivity contribution < 1.29 is 29.4 Å². The summed E-state index contributed by atoms with van der Waals surface area (Å²) in [7, 11) is 0. The Kier molecular flexibility index (Phi) is 6.52. The van der Waals surface area contributed by atoms with E-state index in [4.69, 9.17) is 10.8 Å². The highest BCUT2D eigenvalue weighted by Gasteiger charge is 2.13. The topological polar surface area (TPSA) is 142 Å². The summed E-state index contributed by atoms with van der Waals surface area (Å²) in [6.07, 6.45) is -0.212. The van der Waals surface area contributed by atoms with Crippen LogP contribution in [0.25, 0.3) is 0 Å². The number of aliphatic carboxylic acids is 1. The molecule has 0 fully saturated rings. The average Bonchev–Trinajstić information content (AvgIpc) is 2.20. The van der Waals surface area contributed by atoms with Crippen molar-refractivity contribution in [3.8, 4) is 0 Å². The van der Waals surface area contributed by atoms with Crippen LogP contribution in [0.15, 0.2) is 0 Å². The zero-order valence-corrected chi connectivity index (χ0v) is 8.33. The zero-order chi connectivity index (χ0) is 12.6. The van der Waals surface area contributed by atoms with Crippen LogP contribution >= 0.6 is 0 Å². The number of esters is 1. The number of carboxylic acids is 1. The molecule has 0 rings (SSSR count). The van der Waals surface area contributed by atoms with Gasteiger partial charge in [-0.3, -0.25) is 9.59 Å². The van der Waals surface area contributed by atoms with Crippen LogP contribution < -0.4 is 5.73 Å². The summed E-state index contributed by atoms with van der Waals surface area (Å²) in [5.74, 6) is -1.88. The highest BCUT2D eigenvalue weighted by Crippen LogP contribution is 1.97. The maximum atomic E-state index is 10.9. The number of rotatable bonds is 8. The van der Waals surface area contributed by atoms with E-state index in [9.17, 15) is 19.7 Å². The summed E-state index contributed by atoms with van der Waals surface area (Å²) < 4.78 is 4.51. The second-order valence-corrected chi connectivity index (χ2v) is 2.76. The minimum absolute atomic E-state index is 0.0513. The number of carboxylic acid groups (broad SMARTS) is 1. The maximum absolute atomic E-state index is 10.9. The summed E-state index contributed by atoms with van der Waals surface area (Å²) in [5, 5.41) is 17.1. The molecule has 16 heavy (non-hydrogen) atoms. The lowest BCUT2D eigenvalue weighted by atomic mass is 10.2. The molecule has 1 unspecified atom stereocenters. The molecule has 0 aromatic rings. The van der Waals surface area contributed by atoms with Crippen molar-refractivity contribution >= 4 is 11.9 Å². The molecule has 0 saturated heterocycles. The number of ether oxygens (including phenoxy) is 1. The largest absolute Gasteiger partial charge is 0.480 e. The molecule has 0 saturated carbocycles. The Morgan fingerprint density at radius 2 is 2.06 bits per heavy atom. The molecule has 0 aromatic heterocycles. The molecule has 1 atom stereocenters. The van der Waals surface area contributed by atoms with Crippen molar-refractivity contribution in [1.29, 1.82) is 0 Å². The quantitative estimate of drug-likeness (QED) is 0.235. The second kappa shape index (κ2) is 7.40. The molecule has 3 N–H and O–H groups in total. The van der Waals surface area contributed by atoms with E-state index < -0.39 is 23.1 Å². The van der Waals surface area contributed by atoms with Gasteiger partial charge in [0.05, 0.1) is 0 Å². The number of hydrogen-bond acceptors (Lipinski definition) is 7. The summed E-state index contributed by atoms with van der Waals surface area (Å²) >= 11 is 0. The van der Waals surface area contributed by atoms with E-state index in [2.05, 4.69) is 9.57 Å². The minimum atomic E-state index is -1.20. The first kappa shape index (κ1) is 14.1. The van der Waals surface area contributed by atoms with Gasteiger partial charge < -0.3 is 20.4 Å². The van der Waals surface area contributed by atoms with E-state index in [1.165, 1.54) is 0 Å². The van der Waals surface area contributed by atoms with Gasteiger partial charge in [-0.1, -0.05) is 0 Å². The molecule has 92 valence electrons. The fraction of sp³-hybridized carbons (Fsp3) is 0.714. The molecule has 0 spiro atoms. The number of nitrogens with zero attached hydrogens (tertiary/aromatic N) is 1. The van der Waals surface area contributed by atoms with E-state index in [1.807, 2.05) is 0 Å². The molecule has 0 aliphatic carbocycles. The van der Waals surface area contributed by atoms with Crippen molar-refractivity contribution in [3.63, 3.8) is 0 Å². The Bertz CT molecular complexity index is 267. The van der Waals surface area contributed by atoms with Gasteiger partial charge in [0.25, 0.3) is 5.09 Å². The summed E-state index contributed by atoms with van der Waals surface area (Å²) in [6.45, 7) is -0.619. The molecular weight excluding hydrogens is 224 g/mol. The first-order valence-corrected chi connectivity index (χ1v) is 4.34. The third-order valence-electron chi connectivity index (χ3n) is 1.52. The predicted octanol–water partition coefficient (Wildman–Crippen LogP) is -1.07. The predicted molar refractivity (Wildman–Crippen MR) is 48.8 cm³/mol. The number of hydrogen-bond donors (Lipinski definition) is 2. The van der Waals surface area contributed by atoms with Crippen LogP contribution in [-0.4, -0.2) is 41.4 Å². The van der Waals surface area contributed by atoms with Crippen molar-refractivity contribution in [2.24, 2.45) is 5.73 Å². The lowest BCUT2D eigenvalue weighted by molar-refractivity contribution is -0.757. The lowest BCUT2D eigenvalue weighted by Gasteiger charge is -2.06. The van der Waals surface area contributed by atoms with Crippen LogP contribution in [0, 0.1) is 10.1 Å². The van der Waals surface area contributed by atoms with Crippen LogP contribution in [0.5, 0.6) is 0 Å². The van der Waals surface area contributed by atoms with Gasteiger partial charge in [0.2, 0.25) is 0 Å². The summed E-state index contributed by atoms with van der Waals surface area (Å²) in [5.41, 5.74) is 5.14. The van der Waals surface area contributed by atoms with Gasteiger partial charge in [-0.05, 0) is 6.42 Å². The van der Waals surface area contributed by atoms with Crippen molar-refractivity contribution in [1.82, 2.24) is 0 Å². The number of nitrogens with two attached hydrogens (primary N) is 1. The maximum Gasteiger partial charge on any atom is 0.320 e. The van der Waals surface area contributed by atoms with Crippen molar-refractivity contribution in [2.75, 3.05) is 13.2 Å². The highest BCUT2D eigenvalue weighted by molar-refractivity contribution is 5.75. The molecule has 0 radical (unpaired) electrons. The average molecular weight is 236 g/mol. The summed E-state index contributed by atoms with van der Waals surface area (Å²) in [4.78, 5) is 34.8. The van der Waals surface area contributed by atoms with Gasteiger partial charge in [0.15, 0.2) is 0 Å². The van der Waals surface area contributed by atoms with E-state index in [1.54, 1.807) is 0 Å². The number of carbonyl (C=O) groups excluding carboxylic acids is 1. The SMILES string of the molecule is NC(CCC(=O)OCCO[N+](=O)[O-])C(=O)O. The monoisotopic (exact) mass is 236 g/mol. The minimum Gasteiger partial charge on any atom is -0.480 e. The molecule has 0 bridgehead atoms. The van der Waals surface area contributed by atoms with Crippen molar-refractivity contribution in [2.45, 2.75) is 18.9 Å². The van der Waals surface area contributed by atoms with Crippen LogP contribution in [0.4, 0.5) is 0 Å². The Balaban J connectivity index is 3.52. The van der Waals surface area contributed by atoms with E-state index in [-0.39, 0.29) is 26.1 Å². The third-order valence-corrected chi connectivity index (χ3v) is 1.52. The molecule has 0 amide bonds. The first-order chi connectivity index (χ1) is 7.43. The van der Waals surface area contributed by atoms with Crippen LogP contribution in [0.1, 0.15) is 12.8 Å². The van der Waals surface area contributed by atoms with E-state index in [0.29, 0.717) is 0 Å². The van der Waals surface area contributed by atoms with Gasteiger partial charge in [-0.25, -0.2) is 0 Å². The Hall–Kier alpha value is -1.90. The zero-order valence-electron chi connectivity index (χ0n) is 8.33. The van der Waals surface area contributed by atoms with E-state index >= 15 is 0 Å². The Morgan fingerprint density at radius 3 is 2.56 bits per heavy atom. The molecule has 0 heterocycles. The normalized spacial score (nSPS) is 11.6.